The minimum atomic E-state index is 0. The van der Waals surface area contributed by atoms with Crippen LogP contribution in [0.5, 0.6) is 0 Å². The van der Waals surface area contributed by atoms with Crippen LogP contribution >= 0.6 is 24.0 Å². The highest BCUT2D eigenvalue weighted by Crippen LogP contribution is 2.09. The Kier molecular flexibility index (Phi) is 8.73. The van der Waals surface area contributed by atoms with E-state index in [1.165, 1.54) is 11.1 Å². The molecule has 1 aromatic carbocycles. The Morgan fingerprint density at radius 2 is 2.04 bits per heavy atom. The lowest BCUT2D eigenvalue weighted by Crippen LogP contribution is -2.39. The van der Waals surface area contributed by atoms with E-state index in [4.69, 9.17) is 4.52 Å². The molecule has 0 bridgehead atoms. The smallest absolute Gasteiger partial charge is 0.226 e. The Balaban J connectivity index is 0.00000288. The van der Waals surface area contributed by atoms with Gasteiger partial charge in [-0.05, 0) is 31.4 Å². The first kappa shape index (κ1) is 20.4. The van der Waals surface area contributed by atoms with Crippen LogP contribution in [-0.2, 0) is 13.0 Å². The minimum Gasteiger partial charge on any atom is -0.356 e. The predicted molar refractivity (Wildman–Crippen MR) is 107 cm³/mol. The van der Waals surface area contributed by atoms with Crippen molar-refractivity contribution in [2.24, 2.45) is 4.99 Å². The second-order valence-corrected chi connectivity index (χ2v) is 5.60. The molecule has 24 heavy (non-hydrogen) atoms. The minimum absolute atomic E-state index is 0. The molecule has 0 spiro atoms. The van der Waals surface area contributed by atoms with E-state index in [0.29, 0.717) is 11.7 Å². The summed E-state index contributed by atoms with van der Waals surface area (Å²) in [6, 6.07) is 8.41. The van der Waals surface area contributed by atoms with E-state index < -0.39 is 0 Å². The zero-order valence-corrected chi connectivity index (χ0v) is 17.1. The molecule has 0 unspecified atom stereocenters. The molecule has 0 radical (unpaired) electrons. The maximum absolute atomic E-state index is 5.11. The zero-order valence-electron chi connectivity index (χ0n) is 14.7. The molecule has 0 aliphatic heterocycles. The summed E-state index contributed by atoms with van der Waals surface area (Å²) in [5, 5.41) is 7.16. The maximum atomic E-state index is 5.11. The topological polar surface area (TPSA) is 66.5 Å². The van der Waals surface area contributed by atoms with Gasteiger partial charge in [-0.25, -0.2) is 0 Å². The van der Waals surface area contributed by atoms with Gasteiger partial charge in [-0.2, -0.15) is 4.98 Å². The number of hydrogen-bond donors (Lipinski definition) is 1. The standard InChI is InChI=1S/C17H25N5O.HI/c1-13-8-5-6-9-15(13)12-22(4)17(18-3)19-11-7-10-16-20-14(2)21-23-16;/h5-6,8-9H,7,10-12H2,1-4H3,(H,18,19);1H. The van der Waals surface area contributed by atoms with Crippen LogP contribution in [0.4, 0.5) is 0 Å². The monoisotopic (exact) mass is 443 g/mol. The largest absolute Gasteiger partial charge is 0.356 e. The normalized spacial score (nSPS) is 11.1. The van der Waals surface area contributed by atoms with Crippen molar-refractivity contribution >= 4 is 29.9 Å². The molecular formula is C17H26IN5O. The predicted octanol–water partition coefficient (Wildman–Crippen LogP) is 2.94. The number of aryl methyl sites for hydroxylation is 3. The molecule has 6 nitrogen and oxygen atoms in total. The second-order valence-electron chi connectivity index (χ2n) is 5.60. The van der Waals surface area contributed by atoms with Crippen LogP contribution in [0.2, 0.25) is 0 Å². The van der Waals surface area contributed by atoms with Crippen LogP contribution < -0.4 is 5.32 Å². The van der Waals surface area contributed by atoms with E-state index in [1.54, 1.807) is 7.05 Å². The molecule has 2 rings (SSSR count). The number of nitrogens with zero attached hydrogens (tertiary/aromatic N) is 4. The average molecular weight is 443 g/mol. The Labute approximate surface area is 160 Å². The molecule has 2 aromatic rings. The number of aromatic nitrogens is 2. The lowest BCUT2D eigenvalue weighted by molar-refractivity contribution is 0.371. The number of guanidine groups is 1. The Hall–Kier alpha value is -1.64. The van der Waals surface area contributed by atoms with Crippen molar-refractivity contribution in [2.45, 2.75) is 33.2 Å². The van der Waals surface area contributed by atoms with Gasteiger partial charge in [0.15, 0.2) is 11.8 Å². The Bertz CT molecular complexity index is 656. The first-order valence-electron chi connectivity index (χ1n) is 7.85. The summed E-state index contributed by atoms with van der Waals surface area (Å²) < 4.78 is 5.11. The van der Waals surface area contributed by atoms with Gasteiger partial charge in [0.25, 0.3) is 0 Å². The summed E-state index contributed by atoms with van der Waals surface area (Å²) in [6.07, 6.45) is 1.69. The molecule has 132 valence electrons. The van der Waals surface area contributed by atoms with Gasteiger partial charge in [0.2, 0.25) is 5.89 Å². The van der Waals surface area contributed by atoms with Crippen LogP contribution in [0.25, 0.3) is 0 Å². The number of hydrogen-bond acceptors (Lipinski definition) is 4. The van der Waals surface area contributed by atoms with Crippen LogP contribution in [-0.4, -0.2) is 41.6 Å². The summed E-state index contributed by atoms with van der Waals surface area (Å²) in [6.45, 7) is 5.60. The molecule has 1 N–H and O–H groups in total. The summed E-state index contributed by atoms with van der Waals surface area (Å²) >= 11 is 0. The molecule has 0 aliphatic carbocycles. The molecule has 0 fully saturated rings. The molecule has 0 atom stereocenters. The highest BCUT2D eigenvalue weighted by atomic mass is 127. The molecule has 0 amide bonds. The first-order chi connectivity index (χ1) is 11.1. The molecule has 1 aromatic heterocycles. The van der Waals surface area contributed by atoms with Gasteiger partial charge >= 0.3 is 0 Å². The number of rotatable bonds is 6. The van der Waals surface area contributed by atoms with Crippen LogP contribution in [0.1, 0.15) is 29.3 Å². The zero-order chi connectivity index (χ0) is 16.7. The summed E-state index contributed by atoms with van der Waals surface area (Å²) in [5.74, 6) is 2.25. The van der Waals surface area contributed by atoms with Crippen molar-refractivity contribution in [1.29, 1.82) is 0 Å². The van der Waals surface area contributed by atoms with Crippen LogP contribution in [0.15, 0.2) is 33.8 Å². The summed E-state index contributed by atoms with van der Waals surface area (Å²) in [5.41, 5.74) is 2.60. The van der Waals surface area contributed by atoms with Gasteiger partial charge < -0.3 is 14.7 Å². The van der Waals surface area contributed by atoms with Crippen molar-refractivity contribution < 1.29 is 4.52 Å². The highest BCUT2D eigenvalue weighted by Gasteiger charge is 2.08. The van der Waals surface area contributed by atoms with Crippen molar-refractivity contribution in [1.82, 2.24) is 20.4 Å². The van der Waals surface area contributed by atoms with Crippen LogP contribution in [0, 0.1) is 13.8 Å². The van der Waals surface area contributed by atoms with E-state index in [1.807, 2.05) is 14.0 Å². The number of aliphatic imine (C=N–C) groups is 1. The van der Waals surface area contributed by atoms with E-state index >= 15 is 0 Å². The van der Waals surface area contributed by atoms with Gasteiger partial charge in [-0.3, -0.25) is 4.99 Å². The summed E-state index contributed by atoms with van der Waals surface area (Å²) in [7, 11) is 3.85. The molecule has 0 saturated carbocycles. The quantitative estimate of drug-likeness (QED) is 0.322. The van der Waals surface area contributed by atoms with Gasteiger partial charge in [-0.1, -0.05) is 29.4 Å². The third-order valence-electron chi connectivity index (χ3n) is 3.66. The van der Waals surface area contributed by atoms with Gasteiger partial charge in [0.1, 0.15) is 0 Å². The van der Waals surface area contributed by atoms with Crippen molar-refractivity contribution in [3.63, 3.8) is 0 Å². The molecule has 7 heteroatoms. The van der Waals surface area contributed by atoms with Gasteiger partial charge in [0.05, 0.1) is 0 Å². The van der Waals surface area contributed by atoms with E-state index in [0.717, 1.165) is 31.9 Å². The lowest BCUT2D eigenvalue weighted by atomic mass is 10.1. The highest BCUT2D eigenvalue weighted by molar-refractivity contribution is 14.0. The third kappa shape index (κ3) is 6.10. The number of nitrogens with one attached hydrogen (secondary N) is 1. The van der Waals surface area contributed by atoms with Crippen molar-refractivity contribution in [3.8, 4) is 0 Å². The Morgan fingerprint density at radius 1 is 1.29 bits per heavy atom. The second kappa shape index (κ2) is 10.3. The van der Waals surface area contributed by atoms with Crippen LogP contribution in [0.3, 0.4) is 0 Å². The Morgan fingerprint density at radius 3 is 2.67 bits per heavy atom. The van der Waals surface area contributed by atoms with Gasteiger partial charge in [-0.15, -0.1) is 24.0 Å². The van der Waals surface area contributed by atoms with Gasteiger partial charge in [0, 0.05) is 33.6 Å². The van der Waals surface area contributed by atoms with Crippen molar-refractivity contribution in [2.75, 3.05) is 20.6 Å². The number of halogens is 1. The fourth-order valence-electron chi connectivity index (χ4n) is 2.38. The molecule has 0 saturated heterocycles. The molecule has 0 aliphatic rings. The lowest BCUT2D eigenvalue weighted by Gasteiger charge is -2.23. The number of benzene rings is 1. The van der Waals surface area contributed by atoms with E-state index in [2.05, 4.69) is 56.5 Å². The fourth-order valence-corrected chi connectivity index (χ4v) is 2.38. The van der Waals surface area contributed by atoms with Crippen molar-refractivity contribution in [3.05, 3.63) is 47.1 Å². The van der Waals surface area contributed by atoms with E-state index in [-0.39, 0.29) is 24.0 Å². The molecule has 1 heterocycles. The SMILES string of the molecule is CN=C(NCCCc1nc(C)no1)N(C)Cc1ccccc1C.I. The summed E-state index contributed by atoms with van der Waals surface area (Å²) in [4.78, 5) is 10.7. The van der Waals surface area contributed by atoms with E-state index in [9.17, 15) is 0 Å². The average Bonchev–Trinajstić information content (AvgIpc) is 2.95. The fraction of sp³-hybridized carbons (Fsp3) is 0.471. The first-order valence-corrected chi connectivity index (χ1v) is 7.85. The maximum Gasteiger partial charge on any atom is 0.226 e. The third-order valence-corrected chi connectivity index (χ3v) is 3.66. The molecular weight excluding hydrogens is 417 g/mol.